The number of ether oxygens (including phenoxy) is 1. The number of halogens is 5. The van der Waals surface area contributed by atoms with Gasteiger partial charge in [-0.25, -0.2) is 12.8 Å². The van der Waals surface area contributed by atoms with Gasteiger partial charge < -0.3 is 4.74 Å². The molecule has 0 aliphatic carbocycles. The molecule has 0 fully saturated rings. The molecule has 0 spiro atoms. The molecule has 0 aliphatic rings. The van der Waals surface area contributed by atoms with Crippen LogP contribution in [0.15, 0.2) is 65.6 Å². The first-order valence-electron chi connectivity index (χ1n) is 9.88. The topological polar surface area (TPSA) is 97.8 Å². The fraction of sp³-hybridized carbons (Fsp3) is 0.136. The molecule has 1 heterocycles. The average Bonchev–Trinajstić information content (AvgIpc) is 3.29. The number of alkyl halides is 3. The van der Waals surface area contributed by atoms with Gasteiger partial charge in [-0.05, 0) is 59.7 Å². The van der Waals surface area contributed by atoms with E-state index >= 15 is 0 Å². The van der Waals surface area contributed by atoms with Crippen LogP contribution in [-0.2, 0) is 28.2 Å². The van der Waals surface area contributed by atoms with Crippen LogP contribution in [-0.4, -0.2) is 29.0 Å². The SMILES string of the molecule is O=S(=O)(Cc1ccc(F)cc1)c1ccc(Oc2cc(Cc3nn[nH]n3)cc(C(F)(F)F)c2)c(Cl)c1. The van der Waals surface area contributed by atoms with Gasteiger partial charge in [-0.1, -0.05) is 28.9 Å². The van der Waals surface area contributed by atoms with E-state index in [-0.39, 0.29) is 39.2 Å². The number of tetrazole rings is 1. The van der Waals surface area contributed by atoms with Crippen molar-refractivity contribution < 1.29 is 30.7 Å². The van der Waals surface area contributed by atoms with Gasteiger partial charge in [0.15, 0.2) is 15.7 Å². The van der Waals surface area contributed by atoms with Crippen molar-refractivity contribution in [1.29, 1.82) is 0 Å². The van der Waals surface area contributed by atoms with Gasteiger partial charge >= 0.3 is 6.18 Å². The lowest BCUT2D eigenvalue weighted by atomic mass is 10.1. The highest BCUT2D eigenvalue weighted by molar-refractivity contribution is 7.90. The summed E-state index contributed by atoms with van der Waals surface area (Å²) >= 11 is 6.20. The predicted molar refractivity (Wildman–Crippen MR) is 117 cm³/mol. The van der Waals surface area contributed by atoms with E-state index in [4.69, 9.17) is 16.3 Å². The largest absolute Gasteiger partial charge is 0.456 e. The van der Waals surface area contributed by atoms with Crippen LogP contribution in [0.4, 0.5) is 17.6 Å². The maximum Gasteiger partial charge on any atom is 0.416 e. The van der Waals surface area contributed by atoms with Crippen LogP contribution in [0.1, 0.15) is 22.5 Å². The Morgan fingerprint density at radius 2 is 1.71 bits per heavy atom. The van der Waals surface area contributed by atoms with E-state index in [2.05, 4.69) is 20.6 Å². The lowest BCUT2D eigenvalue weighted by Gasteiger charge is -2.14. The highest BCUT2D eigenvalue weighted by Gasteiger charge is 2.31. The Morgan fingerprint density at radius 3 is 2.34 bits per heavy atom. The van der Waals surface area contributed by atoms with Crippen LogP contribution in [0.2, 0.25) is 5.02 Å². The van der Waals surface area contributed by atoms with Gasteiger partial charge in [-0.2, -0.15) is 18.4 Å². The quantitative estimate of drug-likeness (QED) is 0.325. The van der Waals surface area contributed by atoms with Crippen molar-refractivity contribution in [2.45, 2.75) is 23.2 Å². The lowest BCUT2D eigenvalue weighted by Crippen LogP contribution is -2.07. The second kappa shape index (κ2) is 9.62. The van der Waals surface area contributed by atoms with Crippen molar-refractivity contribution in [1.82, 2.24) is 20.6 Å². The second-order valence-corrected chi connectivity index (χ2v) is 9.84. The Hall–Kier alpha value is -3.51. The zero-order valence-electron chi connectivity index (χ0n) is 17.6. The van der Waals surface area contributed by atoms with E-state index in [0.717, 1.165) is 30.3 Å². The Bertz CT molecular complexity index is 1440. The summed E-state index contributed by atoms with van der Waals surface area (Å²) in [6.45, 7) is 0. The van der Waals surface area contributed by atoms with Crippen molar-refractivity contribution in [2.24, 2.45) is 0 Å². The number of hydrogen-bond acceptors (Lipinski definition) is 6. The molecular formula is C22H15ClF4N4O3S. The molecule has 4 aromatic rings. The van der Waals surface area contributed by atoms with Gasteiger partial charge in [0.1, 0.15) is 17.3 Å². The minimum Gasteiger partial charge on any atom is -0.456 e. The normalized spacial score (nSPS) is 12.0. The molecule has 13 heteroatoms. The third-order valence-electron chi connectivity index (χ3n) is 4.81. The van der Waals surface area contributed by atoms with E-state index in [9.17, 15) is 26.0 Å². The predicted octanol–water partition coefficient (Wildman–Crippen LogP) is 5.37. The van der Waals surface area contributed by atoms with Gasteiger partial charge in [0, 0.05) is 6.42 Å². The molecule has 0 atom stereocenters. The zero-order valence-corrected chi connectivity index (χ0v) is 19.1. The van der Waals surface area contributed by atoms with Crippen LogP contribution in [0.3, 0.4) is 0 Å². The molecule has 0 bridgehead atoms. The minimum absolute atomic E-state index is 0.0366. The summed E-state index contributed by atoms with van der Waals surface area (Å²) in [7, 11) is -3.83. The summed E-state index contributed by atoms with van der Waals surface area (Å²) in [5, 5.41) is 12.9. The van der Waals surface area contributed by atoms with Gasteiger partial charge in [-0.15, -0.1) is 10.2 Å². The van der Waals surface area contributed by atoms with E-state index in [0.29, 0.717) is 5.56 Å². The number of hydrogen-bond donors (Lipinski definition) is 1. The van der Waals surface area contributed by atoms with Gasteiger partial charge in [0.25, 0.3) is 0 Å². The van der Waals surface area contributed by atoms with E-state index in [1.165, 1.54) is 30.3 Å². The third kappa shape index (κ3) is 6.14. The molecule has 4 rings (SSSR count). The maximum atomic E-state index is 13.4. The highest BCUT2D eigenvalue weighted by atomic mass is 35.5. The summed E-state index contributed by atoms with van der Waals surface area (Å²) in [4.78, 5) is -0.124. The van der Waals surface area contributed by atoms with Crippen molar-refractivity contribution >= 4 is 21.4 Å². The monoisotopic (exact) mass is 526 g/mol. The molecule has 0 radical (unpaired) electrons. The highest BCUT2D eigenvalue weighted by Crippen LogP contribution is 2.37. The number of H-pyrrole nitrogens is 1. The van der Waals surface area contributed by atoms with Gasteiger partial charge in [-0.3, -0.25) is 0 Å². The van der Waals surface area contributed by atoms with Crippen molar-refractivity contribution in [3.8, 4) is 11.5 Å². The maximum absolute atomic E-state index is 13.4. The first-order valence-corrected chi connectivity index (χ1v) is 11.9. The van der Waals surface area contributed by atoms with Gasteiger partial charge in [0.05, 0.1) is 21.2 Å². The second-order valence-electron chi connectivity index (χ2n) is 7.45. The number of nitrogens with zero attached hydrogens (tertiary/aromatic N) is 3. The minimum atomic E-state index is -4.65. The summed E-state index contributed by atoms with van der Waals surface area (Å²) in [6.07, 6.45) is -4.68. The molecular weight excluding hydrogens is 512 g/mol. The van der Waals surface area contributed by atoms with Crippen LogP contribution in [0, 0.1) is 5.82 Å². The van der Waals surface area contributed by atoms with E-state index < -0.39 is 33.1 Å². The Labute approximate surface area is 201 Å². The average molecular weight is 527 g/mol. The molecule has 1 N–H and O–H groups in total. The molecule has 0 amide bonds. The van der Waals surface area contributed by atoms with Crippen LogP contribution in [0.25, 0.3) is 0 Å². The number of aromatic nitrogens is 4. The zero-order chi connectivity index (χ0) is 25.2. The fourth-order valence-electron chi connectivity index (χ4n) is 3.19. The first kappa shape index (κ1) is 24.6. The molecule has 35 heavy (non-hydrogen) atoms. The molecule has 0 aliphatic heterocycles. The number of aromatic amines is 1. The molecule has 7 nitrogen and oxygen atoms in total. The van der Waals surface area contributed by atoms with Crippen molar-refractivity contribution in [3.63, 3.8) is 0 Å². The number of sulfone groups is 1. The molecule has 0 unspecified atom stereocenters. The Balaban J connectivity index is 1.60. The van der Waals surface area contributed by atoms with Crippen LogP contribution >= 0.6 is 11.6 Å². The number of nitrogens with one attached hydrogen (secondary N) is 1. The fourth-order valence-corrected chi connectivity index (χ4v) is 4.85. The molecule has 182 valence electrons. The standard InChI is InChI=1S/C22H15ClF4N4O3S/c23-19-11-18(35(32,33)12-13-1-3-16(24)4-2-13)5-6-20(19)34-17-8-14(9-21-28-30-31-29-21)7-15(10-17)22(25,26)27/h1-8,10-11H,9,12H2,(H,28,29,30,31). The number of rotatable bonds is 7. The molecule has 0 saturated carbocycles. The third-order valence-corrected chi connectivity index (χ3v) is 6.79. The van der Waals surface area contributed by atoms with Crippen LogP contribution < -0.4 is 4.74 Å². The molecule has 0 saturated heterocycles. The lowest BCUT2D eigenvalue weighted by molar-refractivity contribution is -0.137. The summed E-state index contributed by atoms with van der Waals surface area (Å²) in [5.41, 5.74) is -0.366. The van der Waals surface area contributed by atoms with Crippen LogP contribution in [0.5, 0.6) is 11.5 Å². The summed E-state index contributed by atoms with van der Waals surface area (Å²) in [6, 6.07) is 11.7. The van der Waals surface area contributed by atoms with Crippen molar-refractivity contribution in [2.75, 3.05) is 0 Å². The first-order chi connectivity index (χ1) is 16.5. The van der Waals surface area contributed by atoms with Gasteiger partial charge in [0.2, 0.25) is 0 Å². The Kier molecular flexibility index (Phi) is 6.77. The number of benzene rings is 3. The van der Waals surface area contributed by atoms with E-state index in [1.807, 2.05) is 0 Å². The smallest absolute Gasteiger partial charge is 0.416 e. The van der Waals surface area contributed by atoms with E-state index in [1.54, 1.807) is 0 Å². The summed E-state index contributed by atoms with van der Waals surface area (Å²) < 4.78 is 84.3. The van der Waals surface area contributed by atoms with Crippen molar-refractivity contribution in [3.05, 3.63) is 94.0 Å². The molecule has 3 aromatic carbocycles. The Morgan fingerprint density at radius 1 is 0.971 bits per heavy atom. The molecule has 1 aromatic heterocycles. The summed E-state index contributed by atoms with van der Waals surface area (Å²) in [5.74, 6) is -0.911.